The number of rotatable bonds is 4. The van der Waals surface area contributed by atoms with Crippen molar-refractivity contribution in [3.05, 3.63) is 33.6 Å². The normalized spacial score (nSPS) is 17.8. The van der Waals surface area contributed by atoms with E-state index in [1.165, 1.54) is 6.07 Å². The van der Waals surface area contributed by atoms with Gasteiger partial charge in [0, 0.05) is 6.54 Å². The van der Waals surface area contributed by atoms with E-state index in [0.29, 0.717) is 18.4 Å². The fourth-order valence-corrected chi connectivity index (χ4v) is 2.61. The lowest BCUT2D eigenvalue weighted by Gasteiger charge is -2.32. The second-order valence-corrected chi connectivity index (χ2v) is 5.51. The highest BCUT2D eigenvalue weighted by Gasteiger charge is 2.29. The zero-order valence-electron chi connectivity index (χ0n) is 11.5. The van der Waals surface area contributed by atoms with E-state index in [1.54, 1.807) is 6.92 Å². The van der Waals surface area contributed by atoms with Crippen LogP contribution in [0.25, 0.3) is 0 Å². The van der Waals surface area contributed by atoms with Gasteiger partial charge in [-0.25, -0.2) is 4.39 Å². The minimum Gasteiger partial charge on any atom is -0.388 e. The van der Waals surface area contributed by atoms with Gasteiger partial charge in [-0.15, -0.1) is 0 Å². The van der Waals surface area contributed by atoms with E-state index in [2.05, 4.69) is 5.32 Å². The molecule has 0 atom stereocenters. The van der Waals surface area contributed by atoms with Crippen molar-refractivity contribution in [1.29, 1.82) is 0 Å². The van der Waals surface area contributed by atoms with E-state index in [4.69, 9.17) is 0 Å². The van der Waals surface area contributed by atoms with Crippen molar-refractivity contribution in [2.24, 2.45) is 0 Å². The molecule has 0 bridgehead atoms. The van der Waals surface area contributed by atoms with Crippen LogP contribution in [-0.2, 0) is 0 Å². The lowest BCUT2D eigenvalue weighted by Crippen LogP contribution is -2.38. The number of anilines is 1. The average Bonchev–Trinajstić information content (AvgIpc) is 2.40. The van der Waals surface area contributed by atoms with Gasteiger partial charge in [-0.2, -0.15) is 0 Å². The number of benzene rings is 1. The van der Waals surface area contributed by atoms with E-state index in [1.807, 2.05) is 0 Å². The maximum atomic E-state index is 13.4. The number of hydrogen-bond acceptors (Lipinski definition) is 4. The van der Waals surface area contributed by atoms with Crippen LogP contribution in [0.4, 0.5) is 15.8 Å². The molecule has 1 fully saturated rings. The zero-order valence-corrected chi connectivity index (χ0v) is 11.5. The van der Waals surface area contributed by atoms with Gasteiger partial charge in [0.1, 0.15) is 11.5 Å². The van der Waals surface area contributed by atoms with Crippen molar-refractivity contribution in [1.82, 2.24) is 0 Å². The van der Waals surface area contributed by atoms with E-state index in [-0.39, 0.29) is 17.9 Å². The fourth-order valence-electron chi connectivity index (χ4n) is 2.61. The Kier molecular flexibility index (Phi) is 4.23. The minimum atomic E-state index is -0.825. The van der Waals surface area contributed by atoms with E-state index >= 15 is 0 Å². The Labute approximate surface area is 117 Å². The zero-order chi connectivity index (χ0) is 14.8. The first-order valence-corrected chi connectivity index (χ1v) is 6.82. The Hall–Kier alpha value is -1.69. The van der Waals surface area contributed by atoms with Gasteiger partial charge in [0.2, 0.25) is 0 Å². The van der Waals surface area contributed by atoms with E-state index < -0.39 is 16.3 Å². The SMILES string of the molecule is Cc1cc(NCC2(O)CCCCC2)c([N+](=O)[O-])cc1F. The molecule has 1 aliphatic rings. The molecule has 0 unspecified atom stereocenters. The Bertz CT molecular complexity index is 513. The molecular weight excluding hydrogens is 263 g/mol. The first-order valence-electron chi connectivity index (χ1n) is 6.82. The molecule has 6 heteroatoms. The van der Waals surface area contributed by atoms with Crippen LogP contribution in [0.15, 0.2) is 12.1 Å². The molecule has 2 N–H and O–H groups in total. The number of nitrogens with one attached hydrogen (secondary N) is 1. The molecular formula is C14H19FN2O3. The molecule has 0 radical (unpaired) electrons. The van der Waals surface area contributed by atoms with Crippen LogP contribution in [0, 0.1) is 22.9 Å². The van der Waals surface area contributed by atoms with Gasteiger partial charge in [-0.3, -0.25) is 10.1 Å². The van der Waals surface area contributed by atoms with Crippen molar-refractivity contribution in [3.8, 4) is 0 Å². The van der Waals surface area contributed by atoms with Crippen molar-refractivity contribution in [2.45, 2.75) is 44.6 Å². The summed E-state index contributed by atoms with van der Waals surface area (Å²) in [5.74, 6) is -0.598. The highest BCUT2D eigenvalue weighted by molar-refractivity contribution is 5.63. The van der Waals surface area contributed by atoms with Crippen molar-refractivity contribution >= 4 is 11.4 Å². The van der Waals surface area contributed by atoms with Crippen LogP contribution in [0.3, 0.4) is 0 Å². The van der Waals surface area contributed by atoms with Crippen LogP contribution in [0.2, 0.25) is 0 Å². The minimum absolute atomic E-state index is 0.249. The van der Waals surface area contributed by atoms with Crippen LogP contribution in [0.5, 0.6) is 0 Å². The van der Waals surface area contributed by atoms with Crippen LogP contribution >= 0.6 is 0 Å². The van der Waals surface area contributed by atoms with Gasteiger partial charge in [-0.1, -0.05) is 19.3 Å². The Balaban J connectivity index is 2.16. The molecule has 2 rings (SSSR count). The summed E-state index contributed by atoms with van der Waals surface area (Å²) < 4.78 is 13.4. The summed E-state index contributed by atoms with van der Waals surface area (Å²) in [6.45, 7) is 1.80. The summed E-state index contributed by atoms with van der Waals surface area (Å²) in [6.07, 6.45) is 4.41. The van der Waals surface area contributed by atoms with Gasteiger partial charge in [0.25, 0.3) is 5.69 Å². The van der Waals surface area contributed by atoms with Crippen molar-refractivity contribution < 1.29 is 14.4 Å². The molecule has 20 heavy (non-hydrogen) atoms. The smallest absolute Gasteiger partial charge is 0.295 e. The largest absolute Gasteiger partial charge is 0.388 e. The molecule has 0 heterocycles. The first kappa shape index (κ1) is 14.7. The molecule has 0 saturated heterocycles. The maximum Gasteiger partial charge on any atom is 0.295 e. The number of halogens is 1. The second kappa shape index (κ2) is 5.75. The number of hydrogen-bond donors (Lipinski definition) is 2. The number of aliphatic hydroxyl groups is 1. The predicted molar refractivity (Wildman–Crippen MR) is 74.3 cm³/mol. The molecule has 1 aliphatic carbocycles. The number of nitro benzene ring substituents is 1. The summed E-state index contributed by atoms with van der Waals surface area (Å²) in [7, 11) is 0. The molecule has 0 aliphatic heterocycles. The lowest BCUT2D eigenvalue weighted by molar-refractivity contribution is -0.384. The maximum absolute atomic E-state index is 13.4. The van der Waals surface area contributed by atoms with Crippen molar-refractivity contribution in [2.75, 3.05) is 11.9 Å². The summed E-state index contributed by atoms with van der Waals surface area (Å²) in [6, 6.07) is 2.34. The van der Waals surface area contributed by atoms with Gasteiger partial charge < -0.3 is 10.4 Å². The lowest BCUT2D eigenvalue weighted by atomic mass is 9.85. The molecule has 1 saturated carbocycles. The Morgan fingerprint density at radius 2 is 2.05 bits per heavy atom. The van der Waals surface area contributed by atoms with Crippen LogP contribution in [-0.4, -0.2) is 22.2 Å². The number of nitrogens with zero attached hydrogens (tertiary/aromatic N) is 1. The third-order valence-corrected chi connectivity index (χ3v) is 3.87. The number of nitro groups is 1. The molecule has 5 nitrogen and oxygen atoms in total. The average molecular weight is 282 g/mol. The summed E-state index contributed by atoms with van der Waals surface area (Å²) >= 11 is 0. The third kappa shape index (κ3) is 3.25. The Morgan fingerprint density at radius 3 is 2.65 bits per heavy atom. The molecule has 1 aromatic rings. The summed E-state index contributed by atoms with van der Waals surface area (Å²) in [5.41, 5.74) is -0.525. The highest BCUT2D eigenvalue weighted by Crippen LogP contribution is 2.31. The first-order chi connectivity index (χ1) is 9.41. The predicted octanol–water partition coefficient (Wildman–Crippen LogP) is 3.15. The van der Waals surface area contributed by atoms with Crippen LogP contribution in [0.1, 0.15) is 37.7 Å². The second-order valence-electron chi connectivity index (χ2n) is 5.51. The van der Waals surface area contributed by atoms with Crippen LogP contribution < -0.4 is 5.32 Å². The highest BCUT2D eigenvalue weighted by atomic mass is 19.1. The fraction of sp³-hybridized carbons (Fsp3) is 0.571. The molecule has 0 aromatic heterocycles. The van der Waals surface area contributed by atoms with E-state index in [9.17, 15) is 19.6 Å². The van der Waals surface area contributed by atoms with Crippen molar-refractivity contribution in [3.63, 3.8) is 0 Å². The third-order valence-electron chi connectivity index (χ3n) is 3.87. The molecule has 0 spiro atoms. The quantitative estimate of drug-likeness (QED) is 0.657. The molecule has 0 amide bonds. The topological polar surface area (TPSA) is 75.4 Å². The monoisotopic (exact) mass is 282 g/mol. The van der Waals surface area contributed by atoms with Gasteiger partial charge in [0.15, 0.2) is 0 Å². The van der Waals surface area contributed by atoms with Gasteiger partial charge in [-0.05, 0) is 31.4 Å². The van der Waals surface area contributed by atoms with Gasteiger partial charge in [0.05, 0.1) is 16.6 Å². The summed E-state index contributed by atoms with van der Waals surface area (Å²) in [4.78, 5) is 10.3. The Morgan fingerprint density at radius 1 is 1.40 bits per heavy atom. The van der Waals surface area contributed by atoms with E-state index in [0.717, 1.165) is 25.3 Å². The molecule has 110 valence electrons. The number of aryl methyl sites for hydroxylation is 1. The molecule has 1 aromatic carbocycles. The standard InChI is InChI=1S/C14H19FN2O3/c1-10-7-12(13(17(19)20)8-11(10)15)16-9-14(18)5-3-2-4-6-14/h7-8,16,18H,2-6,9H2,1H3. The summed E-state index contributed by atoms with van der Waals surface area (Å²) in [5, 5.41) is 24.2. The van der Waals surface area contributed by atoms with Gasteiger partial charge >= 0.3 is 0 Å².